The Balaban J connectivity index is 2.06. The Labute approximate surface area is 93.5 Å². The van der Waals surface area contributed by atoms with Gasteiger partial charge in [0, 0.05) is 12.6 Å². The van der Waals surface area contributed by atoms with E-state index in [1.54, 1.807) is 0 Å². The molecule has 4 atom stereocenters. The zero-order chi connectivity index (χ0) is 11.3. The van der Waals surface area contributed by atoms with Crippen molar-refractivity contribution in [2.45, 2.75) is 59.1 Å². The fourth-order valence-corrected chi connectivity index (χ4v) is 3.83. The van der Waals surface area contributed by atoms with Gasteiger partial charge in [-0.25, -0.2) is 0 Å². The molecular weight excluding hydrogens is 186 g/mol. The zero-order valence-corrected chi connectivity index (χ0v) is 10.5. The molecule has 0 spiro atoms. The van der Waals surface area contributed by atoms with Crippen molar-refractivity contribution in [3.05, 3.63) is 0 Å². The predicted molar refractivity (Wildman–Crippen MR) is 62.7 cm³/mol. The van der Waals surface area contributed by atoms with Crippen molar-refractivity contribution < 1.29 is 5.11 Å². The van der Waals surface area contributed by atoms with Crippen LogP contribution in [0.15, 0.2) is 0 Å². The Morgan fingerprint density at radius 1 is 1.40 bits per heavy atom. The molecule has 15 heavy (non-hydrogen) atoms. The van der Waals surface area contributed by atoms with E-state index in [1.165, 1.54) is 19.3 Å². The van der Waals surface area contributed by atoms with Gasteiger partial charge in [0.15, 0.2) is 0 Å². The van der Waals surface area contributed by atoms with E-state index in [0.717, 1.165) is 12.5 Å². The first-order valence-corrected chi connectivity index (χ1v) is 6.29. The van der Waals surface area contributed by atoms with Crippen LogP contribution in [0.4, 0.5) is 0 Å². The lowest BCUT2D eigenvalue weighted by Crippen LogP contribution is -2.46. The fourth-order valence-electron chi connectivity index (χ4n) is 3.83. The van der Waals surface area contributed by atoms with Gasteiger partial charge in [-0.2, -0.15) is 0 Å². The van der Waals surface area contributed by atoms with Crippen molar-refractivity contribution in [2.24, 2.45) is 16.7 Å². The molecule has 0 aromatic rings. The highest BCUT2D eigenvalue weighted by Crippen LogP contribution is 2.65. The highest BCUT2D eigenvalue weighted by Gasteiger charge is 2.60. The van der Waals surface area contributed by atoms with Crippen LogP contribution in [-0.4, -0.2) is 23.8 Å². The third-order valence-electron chi connectivity index (χ3n) is 5.45. The molecule has 2 nitrogen and oxygen atoms in total. The van der Waals surface area contributed by atoms with Gasteiger partial charge in [0.25, 0.3) is 0 Å². The third-order valence-corrected chi connectivity index (χ3v) is 5.45. The summed E-state index contributed by atoms with van der Waals surface area (Å²) in [6.45, 7) is 9.87. The molecule has 2 heteroatoms. The van der Waals surface area contributed by atoms with Gasteiger partial charge >= 0.3 is 0 Å². The Morgan fingerprint density at radius 3 is 2.47 bits per heavy atom. The zero-order valence-electron chi connectivity index (χ0n) is 10.5. The molecule has 88 valence electrons. The summed E-state index contributed by atoms with van der Waals surface area (Å²) in [5, 5.41) is 12.9. The van der Waals surface area contributed by atoms with Gasteiger partial charge in [-0.05, 0) is 42.9 Å². The van der Waals surface area contributed by atoms with E-state index in [4.69, 9.17) is 0 Å². The molecule has 0 saturated heterocycles. The van der Waals surface area contributed by atoms with Gasteiger partial charge in [-0.15, -0.1) is 0 Å². The molecule has 2 fully saturated rings. The maximum absolute atomic E-state index is 9.33. The predicted octanol–water partition coefficient (Wildman–Crippen LogP) is 2.17. The number of aliphatic hydroxyl groups excluding tert-OH is 1. The average Bonchev–Trinajstić information content (AvgIpc) is 2.46. The van der Waals surface area contributed by atoms with E-state index in [9.17, 15) is 5.11 Å². The lowest BCUT2D eigenvalue weighted by molar-refractivity contribution is 0.109. The van der Waals surface area contributed by atoms with Crippen LogP contribution < -0.4 is 5.32 Å². The summed E-state index contributed by atoms with van der Waals surface area (Å²) in [4.78, 5) is 0. The summed E-state index contributed by atoms with van der Waals surface area (Å²) in [6.07, 6.45) is 3.82. The molecule has 2 aliphatic rings. The summed E-state index contributed by atoms with van der Waals surface area (Å²) in [7, 11) is 0. The second-order valence-corrected chi connectivity index (χ2v) is 6.42. The summed E-state index contributed by atoms with van der Waals surface area (Å²) in [5.41, 5.74) is 0.913. The molecule has 0 aromatic carbocycles. The third kappa shape index (κ3) is 1.53. The highest BCUT2D eigenvalue weighted by molar-refractivity contribution is 5.12. The molecule has 0 radical (unpaired) electrons. The highest BCUT2D eigenvalue weighted by atomic mass is 16.3. The van der Waals surface area contributed by atoms with Crippen LogP contribution in [0, 0.1) is 16.7 Å². The van der Waals surface area contributed by atoms with Crippen LogP contribution in [0.3, 0.4) is 0 Å². The van der Waals surface area contributed by atoms with Crippen molar-refractivity contribution in [1.29, 1.82) is 0 Å². The summed E-state index contributed by atoms with van der Waals surface area (Å²) < 4.78 is 0. The maximum Gasteiger partial charge on any atom is 0.0636 e. The molecule has 2 aliphatic carbocycles. The first-order valence-electron chi connectivity index (χ1n) is 6.29. The van der Waals surface area contributed by atoms with E-state index in [1.807, 2.05) is 6.92 Å². The number of hydrogen-bond acceptors (Lipinski definition) is 2. The molecule has 0 aromatic heterocycles. The summed E-state index contributed by atoms with van der Waals surface area (Å²) in [6, 6.07) is 0.612. The quantitative estimate of drug-likeness (QED) is 0.750. The Bertz CT molecular complexity index is 249. The topological polar surface area (TPSA) is 32.3 Å². The number of nitrogens with one attached hydrogen (secondary N) is 1. The van der Waals surface area contributed by atoms with Gasteiger partial charge in [-0.1, -0.05) is 20.8 Å². The summed E-state index contributed by atoms with van der Waals surface area (Å²) >= 11 is 0. The molecule has 2 N–H and O–H groups in total. The van der Waals surface area contributed by atoms with E-state index >= 15 is 0 Å². The second-order valence-electron chi connectivity index (χ2n) is 6.42. The first kappa shape index (κ1) is 11.4. The molecule has 0 amide bonds. The summed E-state index contributed by atoms with van der Waals surface area (Å²) in [5.74, 6) is 0.883. The molecular formula is C13H25NO. The number of hydrogen-bond donors (Lipinski definition) is 2. The Hall–Kier alpha value is -0.0800. The van der Waals surface area contributed by atoms with Crippen molar-refractivity contribution in [3.8, 4) is 0 Å². The van der Waals surface area contributed by atoms with Crippen LogP contribution in [0.25, 0.3) is 0 Å². The van der Waals surface area contributed by atoms with E-state index in [2.05, 4.69) is 26.1 Å². The molecule has 2 bridgehead atoms. The van der Waals surface area contributed by atoms with Crippen molar-refractivity contribution >= 4 is 0 Å². The number of fused-ring (bicyclic) bond motifs is 2. The Kier molecular flexibility index (Phi) is 2.63. The van der Waals surface area contributed by atoms with Crippen LogP contribution in [0.2, 0.25) is 0 Å². The van der Waals surface area contributed by atoms with Crippen molar-refractivity contribution in [3.63, 3.8) is 0 Å². The Morgan fingerprint density at radius 2 is 2.07 bits per heavy atom. The largest absolute Gasteiger partial charge is 0.392 e. The minimum Gasteiger partial charge on any atom is -0.392 e. The normalized spacial score (nSPS) is 44.6. The van der Waals surface area contributed by atoms with Crippen molar-refractivity contribution in [1.82, 2.24) is 5.32 Å². The van der Waals surface area contributed by atoms with E-state index in [-0.39, 0.29) is 6.10 Å². The fraction of sp³-hybridized carbons (Fsp3) is 1.00. The average molecular weight is 211 g/mol. The number of aliphatic hydroxyl groups is 1. The van der Waals surface area contributed by atoms with Crippen LogP contribution in [-0.2, 0) is 0 Å². The smallest absolute Gasteiger partial charge is 0.0636 e. The minimum absolute atomic E-state index is 0.226. The molecule has 0 aliphatic heterocycles. The minimum atomic E-state index is -0.226. The van der Waals surface area contributed by atoms with Crippen LogP contribution in [0.1, 0.15) is 47.0 Å². The van der Waals surface area contributed by atoms with Gasteiger partial charge in [0.2, 0.25) is 0 Å². The van der Waals surface area contributed by atoms with Crippen LogP contribution >= 0.6 is 0 Å². The maximum atomic E-state index is 9.33. The number of rotatable bonds is 3. The lowest BCUT2D eigenvalue weighted by Gasteiger charge is -2.39. The van der Waals surface area contributed by atoms with E-state index in [0.29, 0.717) is 16.9 Å². The first-order chi connectivity index (χ1) is 6.88. The SMILES string of the molecule is C[C@H](O)CN[C@H]1C[C@@H]2CC[C@]1(C)C2(C)C. The molecule has 0 unspecified atom stereocenters. The molecule has 0 heterocycles. The van der Waals surface area contributed by atoms with Gasteiger partial charge in [0.05, 0.1) is 6.10 Å². The lowest BCUT2D eigenvalue weighted by atomic mass is 9.69. The van der Waals surface area contributed by atoms with Gasteiger partial charge < -0.3 is 10.4 Å². The van der Waals surface area contributed by atoms with Crippen molar-refractivity contribution in [2.75, 3.05) is 6.54 Å². The molecule has 2 saturated carbocycles. The monoisotopic (exact) mass is 211 g/mol. The second kappa shape index (κ2) is 3.46. The van der Waals surface area contributed by atoms with E-state index < -0.39 is 0 Å². The molecule has 2 rings (SSSR count). The standard InChI is InChI=1S/C13H25NO/c1-9(15)8-14-11-7-10-5-6-13(11,4)12(10,2)3/h9-11,14-15H,5-8H2,1-4H3/t9-,10-,11-,13-/m0/s1. The van der Waals surface area contributed by atoms with Gasteiger partial charge in [0.1, 0.15) is 0 Å². The van der Waals surface area contributed by atoms with Gasteiger partial charge in [-0.3, -0.25) is 0 Å². The van der Waals surface area contributed by atoms with Crippen LogP contribution in [0.5, 0.6) is 0 Å².